The zero-order chi connectivity index (χ0) is 32.9. The van der Waals surface area contributed by atoms with Gasteiger partial charge in [0.15, 0.2) is 0 Å². The van der Waals surface area contributed by atoms with Gasteiger partial charge in [-0.15, -0.1) is 0 Å². The van der Waals surface area contributed by atoms with Crippen LogP contribution in [-0.4, -0.2) is 80.3 Å². The van der Waals surface area contributed by atoms with Gasteiger partial charge >= 0.3 is 5.97 Å². The molecular weight excluding hydrogens is 572 g/mol. The van der Waals surface area contributed by atoms with E-state index in [1.165, 1.54) is 44.9 Å². The Hall–Kier alpha value is -1.03. The normalized spacial score (nSPS) is 23.5. The Morgan fingerprint density at radius 1 is 0.644 bits per heavy atom. The molecule has 2 heterocycles. The average Bonchev–Trinajstić information content (AvgIpc) is 3.64. The van der Waals surface area contributed by atoms with Crippen LogP contribution in [0, 0.1) is 0 Å². The van der Waals surface area contributed by atoms with Crippen LogP contribution in [0.1, 0.15) is 168 Å². The Bertz CT molecular complexity index is 788. The van der Waals surface area contributed by atoms with E-state index < -0.39 is 24.4 Å². The number of esters is 1. The van der Waals surface area contributed by atoms with Crippen molar-refractivity contribution in [2.24, 2.45) is 0 Å². The Morgan fingerprint density at radius 2 is 1.16 bits per heavy atom. The van der Waals surface area contributed by atoms with Crippen LogP contribution >= 0.6 is 0 Å². The zero-order valence-corrected chi connectivity index (χ0v) is 28.6. The van der Waals surface area contributed by atoms with Gasteiger partial charge < -0.3 is 35.0 Å². The third-order valence-electron chi connectivity index (χ3n) is 9.76. The summed E-state index contributed by atoms with van der Waals surface area (Å²) in [6, 6.07) is 0. The summed E-state index contributed by atoms with van der Waals surface area (Å²) in [6.07, 6.45) is 20.3. The van der Waals surface area contributed by atoms with Crippen molar-refractivity contribution in [1.29, 1.82) is 0 Å². The monoisotopic (exact) mass is 640 g/mol. The summed E-state index contributed by atoms with van der Waals surface area (Å²) < 4.78 is 11.1. The molecular formula is C37H68O8. The molecule has 0 aromatic rings. The number of carbonyl (C=O) groups excluding carboxylic acids is 1. The van der Waals surface area contributed by atoms with Crippen LogP contribution in [0.2, 0.25) is 0 Å². The fourth-order valence-electron chi connectivity index (χ4n) is 6.77. The van der Waals surface area contributed by atoms with Crippen LogP contribution in [0.25, 0.3) is 0 Å². The first-order chi connectivity index (χ1) is 21.7. The summed E-state index contributed by atoms with van der Waals surface area (Å²) in [4.78, 5) is 11.6. The Balaban J connectivity index is 1.41. The van der Waals surface area contributed by atoms with E-state index in [2.05, 4.69) is 6.92 Å². The molecule has 0 saturated carbocycles. The molecule has 0 bridgehead atoms. The highest BCUT2D eigenvalue weighted by molar-refractivity contribution is 5.90. The van der Waals surface area contributed by atoms with Gasteiger partial charge in [-0.05, 0) is 83.6 Å². The van der Waals surface area contributed by atoms with Gasteiger partial charge in [0.1, 0.15) is 6.10 Å². The van der Waals surface area contributed by atoms with Crippen molar-refractivity contribution in [2.45, 2.75) is 217 Å². The highest BCUT2D eigenvalue weighted by Crippen LogP contribution is 2.29. The number of ether oxygens (including phenoxy) is 2. The molecule has 0 unspecified atom stereocenters. The van der Waals surface area contributed by atoms with Crippen LogP contribution in [0.5, 0.6) is 0 Å². The number of hydrogen-bond acceptors (Lipinski definition) is 8. The number of aliphatic hydroxyl groups excluding tert-OH is 5. The number of unbranched alkanes of at least 4 members (excludes halogenated alkanes) is 12. The summed E-state index contributed by atoms with van der Waals surface area (Å²) in [6.45, 7) is 4.07. The molecule has 8 nitrogen and oxygen atoms in total. The second kappa shape index (κ2) is 24.2. The summed E-state index contributed by atoms with van der Waals surface area (Å²) in [7, 11) is 0. The predicted molar refractivity (Wildman–Crippen MR) is 179 cm³/mol. The van der Waals surface area contributed by atoms with Gasteiger partial charge in [0.2, 0.25) is 0 Å². The molecule has 2 rings (SSSR count). The minimum atomic E-state index is -0.852. The SMILES string of the molecule is CCCCCC[C@@H](O)CCC[C@H](O)[C@H]1CC[C@H]([C@H](O)CC[C@@H](O)[C@H](O)CCCCCCCCCCCCC2=C[C@H](C)OC2=O)O1. The lowest BCUT2D eigenvalue weighted by Gasteiger charge is -2.24. The molecule has 1 fully saturated rings. The standard InChI is InChI=1S/C37H68O8/c1-3-4-5-15-19-30(38)20-17-22-33(41)35-25-26-36(45-35)34(42)24-23-32(40)31(39)21-16-13-11-9-7-6-8-10-12-14-18-29-27-28(2)44-37(29)43/h27-28,30-36,38-42H,3-26H2,1-2H3/t28-,30+,31+,32+,33-,34+,35+,36+/m0/s1. The molecule has 45 heavy (non-hydrogen) atoms. The molecule has 0 aliphatic carbocycles. The maximum Gasteiger partial charge on any atom is 0.334 e. The molecule has 0 aromatic carbocycles. The number of cyclic esters (lactones) is 1. The molecule has 0 spiro atoms. The smallest absolute Gasteiger partial charge is 0.334 e. The van der Waals surface area contributed by atoms with E-state index in [4.69, 9.17) is 9.47 Å². The first-order valence-corrected chi connectivity index (χ1v) is 18.7. The van der Waals surface area contributed by atoms with E-state index in [9.17, 15) is 30.3 Å². The van der Waals surface area contributed by atoms with E-state index in [1.807, 2.05) is 13.0 Å². The predicted octanol–water partition coefficient (Wildman–Crippen LogP) is 6.81. The second-order valence-corrected chi connectivity index (χ2v) is 13.9. The molecule has 5 N–H and O–H groups in total. The third kappa shape index (κ3) is 17.6. The second-order valence-electron chi connectivity index (χ2n) is 13.9. The minimum Gasteiger partial charge on any atom is -0.455 e. The van der Waals surface area contributed by atoms with Gasteiger partial charge in [-0.2, -0.15) is 0 Å². The average molecular weight is 641 g/mol. The lowest BCUT2D eigenvalue weighted by Crippen LogP contribution is -2.33. The van der Waals surface area contributed by atoms with Gasteiger partial charge in [0, 0.05) is 5.57 Å². The van der Waals surface area contributed by atoms with Gasteiger partial charge in [-0.3, -0.25) is 0 Å². The van der Waals surface area contributed by atoms with Crippen molar-refractivity contribution in [1.82, 2.24) is 0 Å². The molecule has 264 valence electrons. The van der Waals surface area contributed by atoms with Crippen molar-refractivity contribution in [3.63, 3.8) is 0 Å². The van der Waals surface area contributed by atoms with Crippen LogP contribution in [0.4, 0.5) is 0 Å². The van der Waals surface area contributed by atoms with Crippen LogP contribution in [0.3, 0.4) is 0 Å². The molecule has 8 atom stereocenters. The van der Waals surface area contributed by atoms with Crippen LogP contribution < -0.4 is 0 Å². The molecule has 2 aliphatic rings. The molecule has 8 heteroatoms. The van der Waals surface area contributed by atoms with Crippen molar-refractivity contribution in [3.05, 3.63) is 11.6 Å². The van der Waals surface area contributed by atoms with Gasteiger partial charge in [-0.1, -0.05) is 90.4 Å². The molecule has 1 saturated heterocycles. The Labute approximate surface area is 274 Å². The zero-order valence-electron chi connectivity index (χ0n) is 28.6. The topological polar surface area (TPSA) is 137 Å². The van der Waals surface area contributed by atoms with Gasteiger partial charge in [0.25, 0.3) is 0 Å². The van der Waals surface area contributed by atoms with Crippen molar-refractivity contribution in [3.8, 4) is 0 Å². The number of rotatable bonds is 28. The number of aliphatic hydroxyl groups is 5. The van der Waals surface area contributed by atoms with Gasteiger partial charge in [0.05, 0.1) is 42.7 Å². The summed E-state index contributed by atoms with van der Waals surface area (Å²) in [5.74, 6) is -0.142. The van der Waals surface area contributed by atoms with E-state index in [-0.39, 0.29) is 30.4 Å². The molecule has 0 amide bonds. The highest BCUT2D eigenvalue weighted by atomic mass is 16.5. The maximum absolute atomic E-state index is 11.6. The van der Waals surface area contributed by atoms with Crippen molar-refractivity contribution < 1.29 is 39.8 Å². The summed E-state index contributed by atoms with van der Waals surface area (Å²) >= 11 is 0. The first kappa shape index (κ1) is 40.1. The fourth-order valence-corrected chi connectivity index (χ4v) is 6.77. The van der Waals surface area contributed by atoms with E-state index in [0.29, 0.717) is 44.9 Å². The molecule has 2 aliphatic heterocycles. The van der Waals surface area contributed by atoms with Gasteiger partial charge in [-0.25, -0.2) is 4.79 Å². The van der Waals surface area contributed by atoms with E-state index in [1.54, 1.807) is 0 Å². The highest BCUT2D eigenvalue weighted by Gasteiger charge is 2.34. The summed E-state index contributed by atoms with van der Waals surface area (Å²) in [5.41, 5.74) is 0.842. The van der Waals surface area contributed by atoms with Crippen molar-refractivity contribution in [2.75, 3.05) is 0 Å². The number of hydrogen-bond donors (Lipinski definition) is 5. The molecule has 0 radical (unpaired) electrons. The third-order valence-corrected chi connectivity index (χ3v) is 9.76. The van der Waals surface area contributed by atoms with E-state index >= 15 is 0 Å². The van der Waals surface area contributed by atoms with Crippen molar-refractivity contribution >= 4 is 5.97 Å². The fraction of sp³-hybridized carbons (Fsp3) is 0.919. The van der Waals surface area contributed by atoms with Crippen LogP contribution in [0.15, 0.2) is 11.6 Å². The van der Waals surface area contributed by atoms with E-state index in [0.717, 1.165) is 69.8 Å². The summed E-state index contributed by atoms with van der Waals surface area (Å²) in [5, 5.41) is 52.2. The largest absolute Gasteiger partial charge is 0.455 e. The Kier molecular flexibility index (Phi) is 21.6. The lowest BCUT2D eigenvalue weighted by atomic mass is 9.97. The minimum absolute atomic E-state index is 0.0689. The number of carbonyl (C=O) groups is 1. The molecule has 0 aromatic heterocycles. The quantitative estimate of drug-likeness (QED) is 0.0465. The maximum atomic E-state index is 11.6. The Morgan fingerprint density at radius 3 is 1.76 bits per heavy atom. The first-order valence-electron chi connectivity index (χ1n) is 18.7. The lowest BCUT2D eigenvalue weighted by molar-refractivity contribution is -0.139. The van der Waals surface area contributed by atoms with Crippen LogP contribution in [-0.2, 0) is 14.3 Å².